The first-order valence-corrected chi connectivity index (χ1v) is 8.28. The third-order valence-electron chi connectivity index (χ3n) is 3.39. The van der Waals surface area contributed by atoms with E-state index in [9.17, 15) is 4.79 Å². The second kappa shape index (κ2) is 7.02. The number of carbonyl (C=O) groups is 1. The molecule has 24 heavy (non-hydrogen) atoms. The molecule has 1 aromatic heterocycles. The van der Waals surface area contributed by atoms with Crippen molar-refractivity contribution in [3.63, 3.8) is 0 Å². The summed E-state index contributed by atoms with van der Waals surface area (Å²) in [6, 6.07) is 10.9. The summed E-state index contributed by atoms with van der Waals surface area (Å²) < 4.78 is 11.1. The predicted molar refractivity (Wildman–Crippen MR) is 99.4 cm³/mol. The quantitative estimate of drug-likeness (QED) is 0.616. The Hall–Kier alpha value is -2.38. The molecule has 0 saturated carbocycles. The zero-order chi connectivity index (χ0) is 17.1. The van der Waals surface area contributed by atoms with Gasteiger partial charge in [-0.3, -0.25) is 4.79 Å². The average molecular weight is 358 g/mol. The average Bonchev–Trinajstić information content (AvgIpc) is 2.89. The Bertz CT molecular complexity index is 822. The highest BCUT2D eigenvalue weighted by Crippen LogP contribution is 2.38. The number of anilines is 1. The van der Waals surface area contributed by atoms with E-state index < -0.39 is 0 Å². The number of ether oxygens (including phenoxy) is 2. The van der Waals surface area contributed by atoms with Crippen LogP contribution in [0.3, 0.4) is 0 Å². The zero-order valence-corrected chi connectivity index (χ0v) is 14.7. The molecule has 0 bridgehead atoms. The number of para-hydroxylation sites is 1. The number of thioether (sulfide) groups is 1. The van der Waals surface area contributed by atoms with Gasteiger partial charge in [0.25, 0.3) is 5.91 Å². The highest BCUT2D eigenvalue weighted by atomic mass is 32.2. The number of pyridine rings is 1. The van der Waals surface area contributed by atoms with Gasteiger partial charge in [-0.2, -0.15) is 0 Å². The maximum absolute atomic E-state index is 12.7. The van der Waals surface area contributed by atoms with Crippen LogP contribution in [0.4, 0.5) is 5.82 Å². The van der Waals surface area contributed by atoms with Crippen molar-refractivity contribution >= 4 is 46.1 Å². The van der Waals surface area contributed by atoms with Crippen LogP contribution in [0.15, 0.2) is 47.5 Å². The van der Waals surface area contributed by atoms with Crippen molar-refractivity contribution in [1.82, 2.24) is 4.98 Å². The Morgan fingerprint density at radius 1 is 1.17 bits per heavy atom. The molecule has 1 aromatic carbocycles. The lowest BCUT2D eigenvalue weighted by atomic mass is 10.1. The van der Waals surface area contributed by atoms with E-state index in [0.29, 0.717) is 26.5 Å². The third kappa shape index (κ3) is 3.00. The smallest absolute Gasteiger partial charge is 0.271 e. The Balaban J connectivity index is 1.98. The van der Waals surface area contributed by atoms with Gasteiger partial charge in [-0.1, -0.05) is 42.2 Å². The normalized spacial score (nSPS) is 15.9. The summed E-state index contributed by atoms with van der Waals surface area (Å²) >= 11 is 6.57. The van der Waals surface area contributed by atoms with Gasteiger partial charge in [0.05, 0.1) is 19.1 Å². The van der Waals surface area contributed by atoms with E-state index in [0.717, 1.165) is 5.56 Å². The summed E-state index contributed by atoms with van der Waals surface area (Å²) in [5.74, 6) is 1.49. The van der Waals surface area contributed by atoms with Crippen molar-refractivity contribution in [2.45, 2.75) is 0 Å². The van der Waals surface area contributed by atoms with Crippen molar-refractivity contribution in [2.75, 3.05) is 19.1 Å². The van der Waals surface area contributed by atoms with Crippen LogP contribution in [0.5, 0.6) is 11.5 Å². The van der Waals surface area contributed by atoms with E-state index >= 15 is 0 Å². The molecule has 0 aliphatic carbocycles. The Morgan fingerprint density at radius 3 is 2.67 bits per heavy atom. The topological polar surface area (TPSA) is 51.7 Å². The highest BCUT2D eigenvalue weighted by molar-refractivity contribution is 8.27. The molecule has 0 spiro atoms. The Morgan fingerprint density at radius 2 is 2.00 bits per heavy atom. The van der Waals surface area contributed by atoms with Crippen LogP contribution in [0.1, 0.15) is 5.56 Å². The molecule has 1 aliphatic heterocycles. The third-order valence-corrected chi connectivity index (χ3v) is 4.69. The lowest BCUT2D eigenvalue weighted by Gasteiger charge is -2.12. The maximum atomic E-state index is 12.7. The van der Waals surface area contributed by atoms with Gasteiger partial charge < -0.3 is 9.47 Å². The molecule has 7 heteroatoms. The summed E-state index contributed by atoms with van der Waals surface area (Å²) in [4.78, 5) is 18.8. The minimum Gasteiger partial charge on any atom is -0.493 e. The lowest BCUT2D eigenvalue weighted by molar-refractivity contribution is -0.113. The van der Waals surface area contributed by atoms with Crippen molar-refractivity contribution in [3.05, 3.63) is 53.1 Å². The van der Waals surface area contributed by atoms with Gasteiger partial charge in [-0.15, -0.1) is 0 Å². The fourth-order valence-electron chi connectivity index (χ4n) is 2.32. The number of hydrogen-bond donors (Lipinski definition) is 0. The van der Waals surface area contributed by atoms with Gasteiger partial charge in [0.15, 0.2) is 15.8 Å². The highest BCUT2D eigenvalue weighted by Gasteiger charge is 2.34. The molecule has 3 rings (SSSR count). The predicted octanol–water partition coefficient (Wildman–Crippen LogP) is 3.50. The molecule has 2 heterocycles. The van der Waals surface area contributed by atoms with Crippen LogP contribution in [0.2, 0.25) is 0 Å². The van der Waals surface area contributed by atoms with Crippen LogP contribution in [0.25, 0.3) is 6.08 Å². The number of hydrogen-bond acceptors (Lipinski definition) is 6. The van der Waals surface area contributed by atoms with Gasteiger partial charge in [0.1, 0.15) is 5.82 Å². The van der Waals surface area contributed by atoms with Crippen molar-refractivity contribution in [3.8, 4) is 11.5 Å². The number of amides is 1. The standard InChI is InChI=1S/C17H14N2O3S2/c1-21-12-7-5-6-11(15(12)22-2)10-13-16(20)19(17(23)24-13)14-8-3-4-9-18-14/h3-10H,1-2H3/b13-10-. The minimum absolute atomic E-state index is 0.200. The molecule has 0 unspecified atom stereocenters. The number of methoxy groups -OCH3 is 2. The van der Waals surface area contributed by atoms with Crippen LogP contribution in [-0.2, 0) is 4.79 Å². The van der Waals surface area contributed by atoms with Crippen molar-refractivity contribution < 1.29 is 14.3 Å². The largest absolute Gasteiger partial charge is 0.493 e. The molecule has 1 amide bonds. The Labute approximate surface area is 149 Å². The van der Waals surface area contributed by atoms with Crippen LogP contribution >= 0.6 is 24.0 Å². The van der Waals surface area contributed by atoms with Crippen LogP contribution in [-0.4, -0.2) is 29.4 Å². The Kier molecular flexibility index (Phi) is 4.82. The fraction of sp³-hybridized carbons (Fsp3) is 0.118. The SMILES string of the molecule is COc1cccc(/C=C2\SC(=S)N(c3ccccn3)C2=O)c1OC. The van der Waals surface area contributed by atoms with Crippen molar-refractivity contribution in [2.24, 2.45) is 0 Å². The second-order valence-corrected chi connectivity index (χ2v) is 6.46. The molecule has 122 valence electrons. The van der Waals surface area contributed by atoms with Gasteiger partial charge in [-0.25, -0.2) is 9.88 Å². The van der Waals surface area contributed by atoms with Gasteiger partial charge in [-0.05, 0) is 24.3 Å². The molecule has 0 radical (unpaired) electrons. The molecule has 1 fully saturated rings. The van der Waals surface area contributed by atoms with E-state index in [-0.39, 0.29) is 5.91 Å². The number of carbonyl (C=O) groups excluding carboxylic acids is 1. The molecule has 0 N–H and O–H groups in total. The number of rotatable bonds is 4. The summed E-state index contributed by atoms with van der Waals surface area (Å²) in [6.07, 6.45) is 3.38. The summed E-state index contributed by atoms with van der Waals surface area (Å²) in [6.45, 7) is 0. The van der Waals surface area contributed by atoms with E-state index in [1.54, 1.807) is 44.7 Å². The lowest BCUT2D eigenvalue weighted by Crippen LogP contribution is -2.28. The fourth-order valence-corrected chi connectivity index (χ4v) is 3.58. The number of aromatic nitrogens is 1. The number of nitrogens with zero attached hydrogens (tertiary/aromatic N) is 2. The molecule has 0 atom stereocenters. The first kappa shape index (κ1) is 16.5. The van der Waals surface area contributed by atoms with Gasteiger partial charge >= 0.3 is 0 Å². The van der Waals surface area contributed by atoms with Gasteiger partial charge in [0.2, 0.25) is 0 Å². The summed E-state index contributed by atoms with van der Waals surface area (Å²) in [5, 5.41) is 0. The van der Waals surface area contributed by atoms with E-state index in [1.165, 1.54) is 16.7 Å². The van der Waals surface area contributed by atoms with Gasteiger partial charge in [0, 0.05) is 11.8 Å². The van der Waals surface area contributed by atoms with E-state index in [2.05, 4.69) is 4.98 Å². The molecule has 1 saturated heterocycles. The van der Waals surface area contributed by atoms with Crippen molar-refractivity contribution in [1.29, 1.82) is 0 Å². The maximum Gasteiger partial charge on any atom is 0.271 e. The molecular formula is C17H14N2O3S2. The molecule has 5 nitrogen and oxygen atoms in total. The van der Waals surface area contributed by atoms with Crippen LogP contribution < -0.4 is 14.4 Å². The molecule has 1 aliphatic rings. The first-order chi connectivity index (χ1) is 11.7. The molecular weight excluding hydrogens is 344 g/mol. The summed E-state index contributed by atoms with van der Waals surface area (Å²) in [7, 11) is 3.14. The first-order valence-electron chi connectivity index (χ1n) is 7.05. The number of thiocarbonyl (C=S) groups is 1. The monoisotopic (exact) mass is 358 g/mol. The van der Waals surface area contributed by atoms with E-state index in [4.69, 9.17) is 21.7 Å². The minimum atomic E-state index is -0.200. The molecule has 2 aromatic rings. The number of benzene rings is 1. The zero-order valence-electron chi connectivity index (χ0n) is 13.1. The van der Waals surface area contributed by atoms with E-state index in [1.807, 2.05) is 18.2 Å². The second-order valence-electron chi connectivity index (χ2n) is 4.79. The van der Waals surface area contributed by atoms with Crippen LogP contribution in [0, 0.1) is 0 Å². The summed E-state index contributed by atoms with van der Waals surface area (Å²) in [5.41, 5.74) is 0.748.